The molecule has 1 N–H and O–H groups in total. The Morgan fingerprint density at radius 3 is 2.89 bits per heavy atom. The minimum Gasteiger partial charge on any atom is -0.473 e. The Hall–Kier alpha value is -1.06. The number of hydrogen-bond acceptors (Lipinski definition) is 3. The molecule has 1 aromatic rings. The second-order valence-electron chi connectivity index (χ2n) is 4.48. The van der Waals surface area contributed by atoms with E-state index < -0.39 is 0 Å². The Labute approximate surface area is 114 Å². The zero-order chi connectivity index (χ0) is 13.4. The van der Waals surface area contributed by atoms with Crippen molar-refractivity contribution in [3.8, 4) is 5.88 Å². The summed E-state index contributed by atoms with van der Waals surface area (Å²) in [6, 6.07) is 3.61. The van der Waals surface area contributed by atoms with Crippen LogP contribution < -0.4 is 10.1 Å². The average Bonchev–Trinajstić information content (AvgIpc) is 2.33. The number of ether oxygens (including phenoxy) is 1. The van der Waals surface area contributed by atoms with Gasteiger partial charge in [0.25, 0.3) is 0 Å². The molecule has 0 aliphatic carbocycles. The first kappa shape index (κ1) is 15.0. The molecule has 0 bridgehead atoms. The maximum absolute atomic E-state index is 6.10. The van der Waals surface area contributed by atoms with Gasteiger partial charge in [0.2, 0.25) is 5.88 Å². The quantitative estimate of drug-likeness (QED) is 0.770. The highest BCUT2D eigenvalue weighted by Crippen LogP contribution is 2.18. The number of aromatic nitrogens is 1. The Kier molecular flexibility index (Phi) is 6.76. The van der Waals surface area contributed by atoms with Gasteiger partial charge in [0.1, 0.15) is 6.61 Å². The highest BCUT2D eigenvalue weighted by atomic mass is 35.5. The van der Waals surface area contributed by atoms with Crippen LogP contribution in [-0.2, 0) is 6.54 Å². The van der Waals surface area contributed by atoms with Gasteiger partial charge >= 0.3 is 0 Å². The van der Waals surface area contributed by atoms with Gasteiger partial charge < -0.3 is 10.1 Å². The summed E-state index contributed by atoms with van der Waals surface area (Å²) in [5, 5.41) is 3.99. The molecule has 0 atom stereocenters. The first-order valence-electron chi connectivity index (χ1n) is 6.23. The topological polar surface area (TPSA) is 34.1 Å². The molecular weight excluding hydrogens is 248 g/mol. The molecule has 0 unspecified atom stereocenters. The summed E-state index contributed by atoms with van der Waals surface area (Å²) in [6.45, 7) is 8.43. The summed E-state index contributed by atoms with van der Waals surface area (Å²) >= 11 is 6.10. The second kappa shape index (κ2) is 8.11. The van der Waals surface area contributed by atoms with Crippen LogP contribution >= 0.6 is 11.6 Å². The molecular formula is C14H21ClN2O. The van der Waals surface area contributed by atoms with E-state index in [0.29, 0.717) is 30.0 Å². The fourth-order valence-electron chi connectivity index (χ4n) is 1.38. The smallest absolute Gasteiger partial charge is 0.213 e. The predicted octanol–water partition coefficient (Wildman–Crippen LogP) is 3.44. The van der Waals surface area contributed by atoms with E-state index in [4.69, 9.17) is 16.3 Å². The monoisotopic (exact) mass is 268 g/mol. The normalized spacial score (nSPS) is 11.4. The fourth-order valence-corrected chi connectivity index (χ4v) is 1.55. The molecule has 100 valence electrons. The molecule has 3 nitrogen and oxygen atoms in total. The summed E-state index contributed by atoms with van der Waals surface area (Å²) in [4.78, 5) is 4.39. The minimum absolute atomic E-state index is 0.532. The molecule has 1 heterocycles. The van der Waals surface area contributed by atoms with Crippen molar-refractivity contribution >= 4 is 11.6 Å². The highest BCUT2D eigenvalue weighted by molar-refractivity contribution is 6.31. The molecule has 4 heteroatoms. The first-order valence-corrected chi connectivity index (χ1v) is 6.61. The fraction of sp³-hybridized carbons (Fsp3) is 0.500. The van der Waals surface area contributed by atoms with Gasteiger partial charge in [-0.25, -0.2) is 4.98 Å². The van der Waals surface area contributed by atoms with Crippen LogP contribution in [0.15, 0.2) is 24.3 Å². The molecule has 0 spiro atoms. The van der Waals surface area contributed by atoms with Gasteiger partial charge in [0.15, 0.2) is 0 Å². The van der Waals surface area contributed by atoms with Crippen LogP contribution in [0.2, 0.25) is 5.02 Å². The molecule has 1 rings (SSSR count). The van der Waals surface area contributed by atoms with Gasteiger partial charge in [-0.1, -0.05) is 37.6 Å². The van der Waals surface area contributed by atoms with Crippen LogP contribution in [0.5, 0.6) is 5.88 Å². The largest absolute Gasteiger partial charge is 0.473 e. The van der Waals surface area contributed by atoms with Crippen molar-refractivity contribution in [1.29, 1.82) is 0 Å². The first-order chi connectivity index (χ1) is 8.63. The van der Waals surface area contributed by atoms with Crippen molar-refractivity contribution in [2.75, 3.05) is 13.2 Å². The standard InChI is InChI=1S/C14H21ClN2O/c1-4-5-8-18-14-7-6-12(15)13(17-14)10-16-9-11(2)3/h4-7,11,16H,8-10H2,1-3H3. The van der Waals surface area contributed by atoms with Crippen LogP contribution in [0.1, 0.15) is 26.5 Å². The number of nitrogens with one attached hydrogen (secondary N) is 1. The van der Waals surface area contributed by atoms with E-state index in [9.17, 15) is 0 Å². The number of halogens is 1. The van der Waals surface area contributed by atoms with Crippen LogP contribution in [-0.4, -0.2) is 18.1 Å². The van der Waals surface area contributed by atoms with Crippen LogP contribution in [0.4, 0.5) is 0 Å². The van der Waals surface area contributed by atoms with Crippen molar-refractivity contribution in [3.63, 3.8) is 0 Å². The molecule has 0 aliphatic rings. The molecule has 0 amide bonds. The summed E-state index contributed by atoms with van der Waals surface area (Å²) in [5.41, 5.74) is 0.829. The van der Waals surface area contributed by atoms with Gasteiger partial charge in [0.05, 0.1) is 10.7 Å². The summed E-state index contributed by atoms with van der Waals surface area (Å²) in [7, 11) is 0. The number of nitrogens with zero attached hydrogens (tertiary/aromatic N) is 1. The zero-order valence-corrected chi connectivity index (χ0v) is 12.0. The van der Waals surface area contributed by atoms with E-state index >= 15 is 0 Å². The lowest BCUT2D eigenvalue weighted by Gasteiger charge is -2.10. The molecule has 0 aliphatic heterocycles. The summed E-state index contributed by atoms with van der Waals surface area (Å²) in [5.74, 6) is 1.22. The van der Waals surface area contributed by atoms with E-state index in [1.54, 1.807) is 6.07 Å². The zero-order valence-electron chi connectivity index (χ0n) is 11.2. The Balaban J connectivity index is 2.57. The third-order valence-electron chi connectivity index (χ3n) is 2.30. The van der Waals surface area contributed by atoms with Gasteiger partial charge in [-0.2, -0.15) is 0 Å². The van der Waals surface area contributed by atoms with Crippen molar-refractivity contribution in [1.82, 2.24) is 10.3 Å². The third-order valence-corrected chi connectivity index (χ3v) is 2.65. The van der Waals surface area contributed by atoms with Crippen molar-refractivity contribution in [2.24, 2.45) is 5.92 Å². The van der Waals surface area contributed by atoms with Gasteiger partial charge in [-0.3, -0.25) is 0 Å². The van der Waals surface area contributed by atoms with Crippen LogP contribution in [0, 0.1) is 5.92 Å². The lowest BCUT2D eigenvalue weighted by molar-refractivity contribution is 0.346. The van der Waals surface area contributed by atoms with Crippen molar-refractivity contribution < 1.29 is 4.74 Å². The SMILES string of the molecule is CC=CCOc1ccc(Cl)c(CNCC(C)C)n1. The Morgan fingerprint density at radius 2 is 2.22 bits per heavy atom. The lowest BCUT2D eigenvalue weighted by atomic mass is 10.2. The maximum Gasteiger partial charge on any atom is 0.213 e. The van der Waals surface area contributed by atoms with Gasteiger partial charge in [-0.15, -0.1) is 0 Å². The summed E-state index contributed by atoms with van der Waals surface area (Å²) in [6.07, 6.45) is 3.88. The Morgan fingerprint density at radius 1 is 1.44 bits per heavy atom. The van der Waals surface area contributed by atoms with Crippen LogP contribution in [0.25, 0.3) is 0 Å². The number of allylic oxidation sites excluding steroid dienone is 1. The van der Waals surface area contributed by atoms with E-state index in [2.05, 4.69) is 24.1 Å². The van der Waals surface area contributed by atoms with E-state index in [0.717, 1.165) is 12.2 Å². The molecule has 0 saturated carbocycles. The van der Waals surface area contributed by atoms with E-state index in [1.807, 2.05) is 25.1 Å². The van der Waals surface area contributed by atoms with E-state index in [1.165, 1.54) is 0 Å². The molecule has 0 aromatic carbocycles. The van der Waals surface area contributed by atoms with Crippen LogP contribution in [0.3, 0.4) is 0 Å². The van der Waals surface area contributed by atoms with Gasteiger partial charge in [-0.05, 0) is 25.5 Å². The molecule has 0 fully saturated rings. The number of hydrogen-bond donors (Lipinski definition) is 1. The maximum atomic E-state index is 6.10. The highest BCUT2D eigenvalue weighted by Gasteiger charge is 2.04. The number of pyridine rings is 1. The van der Waals surface area contributed by atoms with Crippen molar-refractivity contribution in [3.05, 3.63) is 35.0 Å². The van der Waals surface area contributed by atoms with Crippen molar-refractivity contribution in [2.45, 2.75) is 27.3 Å². The predicted molar refractivity (Wildman–Crippen MR) is 76.1 cm³/mol. The Bertz CT molecular complexity index is 391. The van der Waals surface area contributed by atoms with Gasteiger partial charge in [0, 0.05) is 12.6 Å². The molecule has 0 radical (unpaired) electrons. The molecule has 0 saturated heterocycles. The number of rotatable bonds is 7. The summed E-state index contributed by atoms with van der Waals surface area (Å²) < 4.78 is 5.49. The third kappa shape index (κ3) is 5.52. The minimum atomic E-state index is 0.532. The lowest BCUT2D eigenvalue weighted by Crippen LogP contribution is -2.20. The molecule has 1 aromatic heterocycles. The second-order valence-corrected chi connectivity index (χ2v) is 4.89. The van der Waals surface area contributed by atoms with E-state index in [-0.39, 0.29) is 0 Å². The average molecular weight is 269 g/mol. The molecule has 18 heavy (non-hydrogen) atoms.